The lowest BCUT2D eigenvalue weighted by molar-refractivity contribution is -0.384. The van der Waals surface area contributed by atoms with Crippen molar-refractivity contribution in [1.29, 1.82) is 0 Å². The molecule has 8 nitrogen and oxygen atoms in total. The maximum absolute atomic E-state index is 12.9. The third-order valence-electron chi connectivity index (χ3n) is 5.47. The Bertz CT molecular complexity index is 1370. The van der Waals surface area contributed by atoms with Crippen molar-refractivity contribution in [3.63, 3.8) is 0 Å². The maximum atomic E-state index is 12.9. The van der Waals surface area contributed by atoms with Crippen LogP contribution < -0.4 is 14.2 Å². The zero-order chi connectivity index (χ0) is 23.8. The van der Waals surface area contributed by atoms with Crippen LogP contribution in [0.3, 0.4) is 0 Å². The number of fused-ring (bicyclic) bond motifs is 2. The van der Waals surface area contributed by atoms with E-state index in [0.717, 1.165) is 21.3 Å². The minimum Gasteiger partial charge on any atom is -0.489 e. The van der Waals surface area contributed by atoms with E-state index in [-0.39, 0.29) is 30.6 Å². The van der Waals surface area contributed by atoms with Crippen LogP contribution in [0.2, 0.25) is 0 Å². The molecule has 3 aromatic carbocycles. The lowest BCUT2D eigenvalue weighted by Crippen LogP contribution is -2.14. The molecule has 2 aliphatic heterocycles. The Labute approximate surface area is 203 Å². The first-order chi connectivity index (χ1) is 16.4. The normalized spacial score (nSPS) is 15.4. The van der Waals surface area contributed by atoms with Crippen LogP contribution in [-0.2, 0) is 18.0 Å². The van der Waals surface area contributed by atoms with E-state index < -0.39 is 4.92 Å². The number of benzene rings is 3. The van der Waals surface area contributed by atoms with Gasteiger partial charge in [0.15, 0.2) is 12.6 Å². The van der Waals surface area contributed by atoms with Crippen molar-refractivity contribution >= 4 is 33.5 Å². The molecule has 2 heterocycles. The number of allylic oxidation sites excluding steroid dienone is 1. The number of halogens is 1. The number of carbonyl (C=O) groups is 1. The van der Waals surface area contributed by atoms with Gasteiger partial charge in [0.25, 0.3) is 5.69 Å². The van der Waals surface area contributed by atoms with E-state index in [1.807, 2.05) is 19.1 Å². The predicted molar refractivity (Wildman–Crippen MR) is 126 cm³/mol. The quantitative estimate of drug-likeness (QED) is 0.239. The highest BCUT2D eigenvalue weighted by Crippen LogP contribution is 2.38. The number of non-ortho nitro benzene ring substituents is 1. The monoisotopic (exact) mass is 523 g/mol. The van der Waals surface area contributed by atoms with E-state index in [2.05, 4.69) is 15.9 Å². The number of Topliss-reactive ketones (excluding diaryl/α,β-unsaturated/α-hetero) is 1. The minimum absolute atomic E-state index is 0.0607. The summed E-state index contributed by atoms with van der Waals surface area (Å²) in [5.41, 5.74) is 3.41. The number of carbonyl (C=O) groups excluding carboxylic acids is 1. The fraction of sp³-hybridized carbons (Fsp3) is 0.160. The van der Waals surface area contributed by atoms with Crippen molar-refractivity contribution in [2.45, 2.75) is 20.1 Å². The number of ether oxygens (including phenoxy) is 4. The summed E-state index contributed by atoms with van der Waals surface area (Å²) in [4.78, 5) is 23.5. The number of nitrogens with zero attached hydrogens (tertiary/aromatic N) is 1. The highest BCUT2D eigenvalue weighted by atomic mass is 79.9. The predicted octanol–water partition coefficient (Wildman–Crippen LogP) is 5.73. The Balaban J connectivity index is 1.39. The van der Waals surface area contributed by atoms with Gasteiger partial charge in [0.05, 0.1) is 17.1 Å². The number of rotatable bonds is 5. The van der Waals surface area contributed by atoms with Crippen LogP contribution in [0.25, 0.3) is 6.08 Å². The van der Waals surface area contributed by atoms with Gasteiger partial charge in [-0.15, -0.1) is 0 Å². The molecule has 0 N–H and O–H groups in total. The number of hydrogen-bond acceptors (Lipinski definition) is 7. The number of aryl methyl sites for hydroxylation is 1. The Morgan fingerprint density at radius 1 is 1.21 bits per heavy atom. The first-order valence-electron chi connectivity index (χ1n) is 10.4. The Morgan fingerprint density at radius 2 is 2.06 bits per heavy atom. The molecular formula is C25H18BrNO7. The van der Waals surface area contributed by atoms with Gasteiger partial charge in [-0.05, 0) is 42.3 Å². The van der Waals surface area contributed by atoms with Gasteiger partial charge in [0.1, 0.15) is 23.9 Å². The molecule has 3 aromatic rings. The zero-order valence-electron chi connectivity index (χ0n) is 18.0. The second-order valence-electron chi connectivity index (χ2n) is 7.86. The first kappa shape index (κ1) is 22.1. The van der Waals surface area contributed by atoms with E-state index in [9.17, 15) is 14.9 Å². The molecule has 0 bridgehead atoms. The van der Waals surface area contributed by atoms with Gasteiger partial charge >= 0.3 is 0 Å². The summed E-state index contributed by atoms with van der Waals surface area (Å²) < 4.78 is 23.7. The van der Waals surface area contributed by atoms with Gasteiger partial charge in [-0.1, -0.05) is 28.1 Å². The van der Waals surface area contributed by atoms with Crippen molar-refractivity contribution in [3.8, 4) is 17.2 Å². The molecular weight excluding hydrogens is 506 g/mol. The molecule has 0 radical (unpaired) electrons. The lowest BCUT2D eigenvalue weighted by Gasteiger charge is -2.21. The van der Waals surface area contributed by atoms with Crippen LogP contribution >= 0.6 is 15.9 Å². The van der Waals surface area contributed by atoms with E-state index >= 15 is 0 Å². The molecule has 0 aromatic heterocycles. The number of nitro groups is 1. The second kappa shape index (κ2) is 8.92. The van der Waals surface area contributed by atoms with Crippen LogP contribution in [0.4, 0.5) is 5.69 Å². The fourth-order valence-electron chi connectivity index (χ4n) is 3.97. The van der Waals surface area contributed by atoms with Crippen molar-refractivity contribution < 1.29 is 28.7 Å². The van der Waals surface area contributed by atoms with E-state index in [1.54, 1.807) is 24.3 Å². The molecule has 0 atom stereocenters. The van der Waals surface area contributed by atoms with Crippen LogP contribution in [0.15, 0.2) is 58.8 Å². The van der Waals surface area contributed by atoms with Gasteiger partial charge in [-0.2, -0.15) is 0 Å². The summed E-state index contributed by atoms with van der Waals surface area (Å²) in [6.45, 7) is 2.72. The van der Waals surface area contributed by atoms with Gasteiger partial charge in [0.2, 0.25) is 5.78 Å². The molecule has 172 valence electrons. The number of hydrogen-bond donors (Lipinski definition) is 0. The summed E-state index contributed by atoms with van der Waals surface area (Å²) in [6, 6.07) is 13.4. The van der Waals surface area contributed by atoms with Gasteiger partial charge in [0, 0.05) is 33.8 Å². The van der Waals surface area contributed by atoms with Crippen molar-refractivity contribution in [1.82, 2.24) is 0 Å². The van der Waals surface area contributed by atoms with Crippen molar-refractivity contribution in [2.75, 3.05) is 6.79 Å². The standard InChI is InChI=1S/C25H18BrNO7/c1-14-5-20(32-12-17-9-18(26)8-16-11-31-13-33-25(16)17)10-21-23(14)24(28)22(34-21)7-15-3-2-4-19(6-15)27(29)30/h2-10H,11-13H2,1H3/b22-7-. The van der Waals surface area contributed by atoms with Gasteiger partial charge in [-0.3, -0.25) is 14.9 Å². The number of ketones is 1. The van der Waals surface area contributed by atoms with E-state index in [4.69, 9.17) is 18.9 Å². The third kappa shape index (κ3) is 4.27. The number of nitro benzene ring substituents is 1. The summed E-state index contributed by atoms with van der Waals surface area (Å²) in [7, 11) is 0. The lowest BCUT2D eigenvalue weighted by atomic mass is 10.0. The third-order valence-corrected chi connectivity index (χ3v) is 5.93. The largest absolute Gasteiger partial charge is 0.489 e. The average Bonchev–Trinajstić information content (AvgIpc) is 3.12. The van der Waals surface area contributed by atoms with Crippen molar-refractivity contribution in [3.05, 3.63) is 96.7 Å². The van der Waals surface area contributed by atoms with Gasteiger partial charge in [-0.25, -0.2) is 0 Å². The summed E-state index contributed by atoms with van der Waals surface area (Å²) in [5, 5.41) is 11.0. The SMILES string of the molecule is Cc1cc(OCc2cc(Br)cc3c2OCOC3)cc2c1C(=O)/C(=C/c1cccc([N+](=O)[O-])c1)O2. The highest BCUT2D eigenvalue weighted by molar-refractivity contribution is 9.10. The highest BCUT2D eigenvalue weighted by Gasteiger charge is 2.30. The fourth-order valence-corrected chi connectivity index (χ4v) is 4.52. The summed E-state index contributed by atoms with van der Waals surface area (Å²) in [6.07, 6.45) is 1.50. The Morgan fingerprint density at radius 3 is 2.88 bits per heavy atom. The Hall–Kier alpha value is -3.69. The summed E-state index contributed by atoms with van der Waals surface area (Å²) in [5.74, 6) is 1.50. The van der Waals surface area contributed by atoms with E-state index in [1.165, 1.54) is 18.2 Å². The molecule has 0 saturated carbocycles. The first-order valence-corrected chi connectivity index (χ1v) is 11.2. The van der Waals surface area contributed by atoms with Crippen LogP contribution in [0, 0.1) is 17.0 Å². The second-order valence-corrected chi connectivity index (χ2v) is 8.77. The van der Waals surface area contributed by atoms with Crippen LogP contribution in [-0.4, -0.2) is 17.5 Å². The molecule has 2 aliphatic rings. The minimum atomic E-state index is -0.484. The maximum Gasteiger partial charge on any atom is 0.270 e. The molecule has 34 heavy (non-hydrogen) atoms. The molecule has 9 heteroatoms. The van der Waals surface area contributed by atoms with E-state index in [0.29, 0.717) is 34.8 Å². The van der Waals surface area contributed by atoms with Crippen LogP contribution in [0.5, 0.6) is 17.2 Å². The van der Waals surface area contributed by atoms with Crippen molar-refractivity contribution in [2.24, 2.45) is 0 Å². The topological polar surface area (TPSA) is 97.1 Å². The summed E-state index contributed by atoms with van der Waals surface area (Å²) >= 11 is 3.50. The molecule has 5 rings (SSSR count). The van der Waals surface area contributed by atoms with Crippen LogP contribution in [0.1, 0.15) is 32.6 Å². The zero-order valence-corrected chi connectivity index (χ0v) is 19.6. The smallest absolute Gasteiger partial charge is 0.270 e. The molecule has 0 unspecified atom stereocenters. The average molecular weight is 524 g/mol. The molecule has 0 spiro atoms. The van der Waals surface area contributed by atoms with Gasteiger partial charge < -0.3 is 18.9 Å². The molecule has 0 saturated heterocycles. The molecule has 0 aliphatic carbocycles. The molecule has 0 amide bonds. The Kier molecular flexibility index (Phi) is 5.80. The molecule has 0 fully saturated rings.